The molecule has 0 N–H and O–H groups in total. The summed E-state index contributed by atoms with van der Waals surface area (Å²) in [5, 5.41) is 4.46. The van der Waals surface area contributed by atoms with Crippen LogP contribution in [0.4, 0.5) is 5.69 Å². The fourth-order valence-corrected chi connectivity index (χ4v) is 2.91. The molecule has 1 fully saturated rings. The second-order valence-corrected chi connectivity index (χ2v) is 5.88. The van der Waals surface area contributed by atoms with Crippen LogP contribution in [0.2, 0.25) is 0 Å². The number of aryl methyl sites for hydroxylation is 2. The SMILES string of the molecule is CCc1nn(CC(=O)c2ccc(N3CCOCC3)cc2)cc1C. The molecule has 0 amide bonds. The van der Waals surface area contributed by atoms with Gasteiger partial charge in [-0.3, -0.25) is 9.48 Å². The molecule has 5 nitrogen and oxygen atoms in total. The Bertz CT molecular complexity index is 670. The number of hydrogen-bond donors (Lipinski definition) is 0. The molecule has 0 atom stereocenters. The molecular formula is C18H23N3O2. The third kappa shape index (κ3) is 3.62. The molecular weight excluding hydrogens is 290 g/mol. The topological polar surface area (TPSA) is 47.4 Å². The third-order valence-corrected chi connectivity index (χ3v) is 4.25. The molecule has 1 aliphatic rings. The molecule has 1 aliphatic heterocycles. The second-order valence-electron chi connectivity index (χ2n) is 5.88. The Hall–Kier alpha value is -2.14. The van der Waals surface area contributed by atoms with E-state index in [1.165, 1.54) is 0 Å². The molecule has 0 aliphatic carbocycles. The van der Waals surface area contributed by atoms with Crippen LogP contribution in [0.25, 0.3) is 0 Å². The Kier molecular flexibility index (Phi) is 4.76. The predicted molar refractivity (Wildman–Crippen MR) is 90.1 cm³/mol. The standard InChI is InChI=1S/C18H23N3O2/c1-3-17-14(2)12-21(19-17)13-18(22)15-4-6-16(7-5-15)20-8-10-23-11-9-20/h4-7,12H,3,8-11,13H2,1-2H3. The van der Waals surface area contributed by atoms with E-state index < -0.39 is 0 Å². The van der Waals surface area contributed by atoms with Gasteiger partial charge in [-0.25, -0.2) is 0 Å². The van der Waals surface area contributed by atoms with Gasteiger partial charge in [0, 0.05) is 30.5 Å². The molecule has 1 aromatic carbocycles. The Morgan fingerprint density at radius 3 is 2.52 bits per heavy atom. The summed E-state index contributed by atoms with van der Waals surface area (Å²) in [6.45, 7) is 7.73. The van der Waals surface area contributed by atoms with Crippen molar-refractivity contribution >= 4 is 11.5 Å². The van der Waals surface area contributed by atoms with Gasteiger partial charge in [-0.2, -0.15) is 5.10 Å². The molecule has 0 unspecified atom stereocenters. The lowest BCUT2D eigenvalue weighted by atomic mass is 10.1. The Labute approximate surface area is 136 Å². The van der Waals surface area contributed by atoms with E-state index in [9.17, 15) is 4.79 Å². The number of benzene rings is 1. The lowest BCUT2D eigenvalue weighted by molar-refractivity contribution is 0.0967. The van der Waals surface area contributed by atoms with E-state index in [1.54, 1.807) is 4.68 Å². The normalized spacial score (nSPS) is 15.0. The summed E-state index contributed by atoms with van der Waals surface area (Å²) in [5.41, 5.74) is 4.07. The van der Waals surface area contributed by atoms with Crippen LogP contribution in [0.1, 0.15) is 28.5 Å². The van der Waals surface area contributed by atoms with Crippen molar-refractivity contribution in [1.82, 2.24) is 9.78 Å². The van der Waals surface area contributed by atoms with E-state index in [2.05, 4.69) is 16.9 Å². The summed E-state index contributed by atoms with van der Waals surface area (Å²) in [6, 6.07) is 7.85. The average molecular weight is 313 g/mol. The molecule has 0 radical (unpaired) electrons. The average Bonchev–Trinajstić information content (AvgIpc) is 2.95. The van der Waals surface area contributed by atoms with Gasteiger partial charge in [0.05, 0.1) is 18.9 Å². The maximum atomic E-state index is 12.4. The third-order valence-electron chi connectivity index (χ3n) is 4.25. The highest BCUT2D eigenvalue weighted by atomic mass is 16.5. The number of hydrogen-bond acceptors (Lipinski definition) is 4. The lowest BCUT2D eigenvalue weighted by Crippen LogP contribution is -2.36. The predicted octanol–water partition coefficient (Wildman–Crippen LogP) is 2.47. The molecule has 122 valence electrons. The summed E-state index contributed by atoms with van der Waals surface area (Å²) in [6.07, 6.45) is 2.83. The number of rotatable bonds is 5. The monoisotopic (exact) mass is 313 g/mol. The van der Waals surface area contributed by atoms with Gasteiger partial charge >= 0.3 is 0 Å². The first-order valence-electron chi connectivity index (χ1n) is 8.16. The first-order valence-corrected chi connectivity index (χ1v) is 8.16. The van der Waals surface area contributed by atoms with Crippen molar-refractivity contribution in [2.75, 3.05) is 31.2 Å². The molecule has 0 saturated carbocycles. The van der Waals surface area contributed by atoms with E-state index in [0.29, 0.717) is 0 Å². The number of anilines is 1. The van der Waals surface area contributed by atoms with Crippen LogP contribution in [0.15, 0.2) is 30.5 Å². The lowest BCUT2D eigenvalue weighted by Gasteiger charge is -2.28. The van der Waals surface area contributed by atoms with Gasteiger partial charge in [0.25, 0.3) is 0 Å². The molecule has 2 heterocycles. The molecule has 3 rings (SSSR count). The van der Waals surface area contributed by atoms with E-state index >= 15 is 0 Å². The van der Waals surface area contributed by atoms with Crippen molar-refractivity contribution in [1.29, 1.82) is 0 Å². The zero-order valence-corrected chi connectivity index (χ0v) is 13.8. The van der Waals surface area contributed by atoms with Gasteiger partial charge in [-0.15, -0.1) is 0 Å². The van der Waals surface area contributed by atoms with Crippen molar-refractivity contribution in [3.8, 4) is 0 Å². The van der Waals surface area contributed by atoms with Crippen LogP contribution >= 0.6 is 0 Å². The number of carbonyl (C=O) groups excluding carboxylic acids is 1. The van der Waals surface area contributed by atoms with Crippen LogP contribution < -0.4 is 4.90 Å². The van der Waals surface area contributed by atoms with Crippen LogP contribution in [0, 0.1) is 6.92 Å². The van der Waals surface area contributed by atoms with Crippen molar-refractivity contribution in [2.45, 2.75) is 26.8 Å². The Morgan fingerprint density at radius 2 is 1.91 bits per heavy atom. The van der Waals surface area contributed by atoms with E-state index in [-0.39, 0.29) is 12.3 Å². The largest absolute Gasteiger partial charge is 0.378 e. The molecule has 0 spiro atoms. The van der Waals surface area contributed by atoms with E-state index in [0.717, 1.165) is 55.2 Å². The molecule has 5 heteroatoms. The van der Waals surface area contributed by atoms with Crippen molar-refractivity contribution in [3.05, 3.63) is 47.3 Å². The van der Waals surface area contributed by atoms with Crippen molar-refractivity contribution in [2.24, 2.45) is 0 Å². The van der Waals surface area contributed by atoms with Crippen molar-refractivity contribution < 1.29 is 9.53 Å². The van der Waals surface area contributed by atoms with Gasteiger partial charge in [-0.05, 0) is 43.2 Å². The van der Waals surface area contributed by atoms with E-state index in [4.69, 9.17) is 4.74 Å². The van der Waals surface area contributed by atoms with Gasteiger partial charge in [-0.1, -0.05) is 6.92 Å². The van der Waals surface area contributed by atoms with Crippen LogP contribution in [-0.4, -0.2) is 41.9 Å². The number of nitrogens with zero attached hydrogens (tertiary/aromatic N) is 3. The number of carbonyl (C=O) groups is 1. The Morgan fingerprint density at radius 1 is 1.22 bits per heavy atom. The maximum Gasteiger partial charge on any atom is 0.184 e. The first-order chi connectivity index (χ1) is 11.2. The van der Waals surface area contributed by atoms with Crippen LogP contribution in [-0.2, 0) is 17.7 Å². The summed E-state index contributed by atoms with van der Waals surface area (Å²) in [5.74, 6) is 0.0867. The fourth-order valence-electron chi connectivity index (χ4n) is 2.91. The zero-order valence-electron chi connectivity index (χ0n) is 13.8. The summed E-state index contributed by atoms with van der Waals surface area (Å²) >= 11 is 0. The van der Waals surface area contributed by atoms with Gasteiger partial charge in [0.1, 0.15) is 6.54 Å². The number of Topliss-reactive ketones (excluding diaryl/α,β-unsaturated/α-hetero) is 1. The maximum absolute atomic E-state index is 12.4. The highest BCUT2D eigenvalue weighted by Crippen LogP contribution is 2.17. The number of ketones is 1. The number of ether oxygens (including phenoxy) is 1. The van der Waals surface area contributed by atoms with E-state index in [1.807, 2.05) is 37.4 Å². The smallest absolute Gasteiger partial charge is 0.184 e. The van der Waals surface area contributed by atoms with Gasteiger partial charge in [0.15, 0.2) is 5.78 Å². The molecule has 2 aromatic rings. The minimum Gasteiger partial charge on any atom is -0.378 e. The quantitative estimate of drug-likeness (QED) is 0.796. The van der Waals surface area contributed by atoms with Gasteiger partial charge < -0.3 is 9.64 Å². The minimum atomic E-state index is 0.0867. The molecule has 1 aromatic heterocycles. The summed E-state index contributed by atoms with van der Waals surface area (Å²) < 4.78 is 7.11. The second kappa shape index (κ2) is 6.96. The zero-order chi connectivity index (χ0) is 16.2. The highest BCUT2D eigenvalue weighted by molar-refractivity contribution is 5.96. The number of morpholine rings is 1. The molecule has 23 heavy (non-hydrogen) atoms. The summed E-state index contributed by atoms with van der Waals surface area (Å²) in [7, 11) is 0. The number of aromatic nitrogens is 2. The summed E-state index contributed by atoms with van der Waals surface area (Å²) in [4.78, 5) is 14.7. The van der Waals surface area contributed by atoms with Gasteiger partial charge in [0.2, 0.25) is 0 Å². The van der Waals surface area contributed by atoms with Crippen LogP contribution in [0.5, 0.6) is 0 Å². The minimum absolute atomic E-state index is 0.0867. The first kappa shape index (κ1) is 15.7. The highest BCUT2D eigenvalue weighted by Gasteiger charge is 2.13. The van der Waals surface area contributed by atoms with Crippen LogP contribution in [0.3, 0.4) is 0 Å². The fraction of sp³-hybridized carbons (Fsp3) is 0.444. The molecule has 1 saturated heterocycles. The Balaban J connectivity index is 1.67. The van der Waals surface area contributed by atoms with Crippen molar-refractivity contribution in [3.63, 3.8) is 0 Å². The molecule has 0 bridgehead atoms.